The molecule has 2 aromatic heterocycles. The highest BCUT2D eigenvalue weighted by atomic mass is 16.5. The van der Waals surface area contributed by atoms with Crippen LogP contribution in [0.1, 0.15) is 46.8 Å². The maximum atomic E-state index is 13.3. The molecule has 8 nitrogen and oxygen atoms in total. The molecule has 0 atom stereocenters. The van der Waals surface area contributed by atoms with Gasteiger partial charge in [0.05, 0.1) is 12.1 Å². The molecule has 0 radical (unpaired) electrons. The molecule has 2 aromatic rings. The lowest BCUT2D eigenvalue weighted by Crippen LogP contribution is -2.41. The summed E-state index contributed by atoms with van der Waals surface area (Å²) >= 11 is 0. The van der Waals surface area contributed by atoms with E-state index in [0.717, 1.165) is 62.6 Å². The van der Waals surface area contributed by atoms with Crippen LogP contribution in [-0.4, -0.2) is 82.1 Å². The zero-order valence-corrected chi connectivity index (χ0v) is 18.2. The van der Waals surface area contributed by atoms with Gasteiger partial charge in [-0.05, 0) is 46.1 Å². The standard InChI is InChI=1S/C22H31N5O3/c1-16-13-19(18(3)27(16)20-14-17(2)30-23-20)22(29)26-10-6-7-24(11-12-26)15-21(28)25-8-4-5-9-25/h13-14H,4-12,15H2,1-3H3. The third-order valence-electron chi connectivity index (χ3n) is 6.20. The molecule has 4 rings (SSSR count). The fourth-order valence-corrected chi connectivity index (χ4v) is 4.55. The van der Waals surface area contributed by atoms with Crippen LogP contribution in [0.2, 0.25) is 0 Å². The van der Waals surface area contributed by atoms with Crippen molar-refractivity contribution < 1.29 is 14.1 Å². The number of amides is 2. The lowest BCUT2D eigenvalue weighted by atomic mass is 10.2. The molecule has 4 heterocycles. The summed E-state index contributed by atoms with van der Waals surface area (Å²) in [5, 5.41) is 4.10. The Morgan fingerprint density at radius 2 is 1.67 bits per heavy atom. The Kier molecular flexibility index (Phi) is 5.94. The monoisotopic (exact) mass is 413 g/mol. The molecule has 2 fully saturated rings. The molecule has 0 aromatic carbocycles. The zero-order valence-electron chi connectivity index (χ0n) is 18.2. The highest BCUT2D eigenvalue weighted by Gasteiger charge is 2.26. The van der Waals surface area contributed by atoms with Gasteiger partial charge in [-0.25, -0.2) is 0 Å². The Hall–Kier alpha value is -2.61. The molecule has 162 valence electrons. The number of hydrogen-bond acceptors (Lipinski definition) is 5. The van der Waals surface area contributed by atoms with Crippen molar-refractivity contribution in [2.75, 3.05) is 45.8 Å². The third-order valence-corrected chi connectivity index (χ3v) is 6.20. The maximum Gasteiger partial charge on any atom is 0.255 e. The second-order valence-electron chi connectivity index (χ2n) is 8.43. The number of rotatable bonds is 4. The minimum atomic E-state index is 0.0438. The van der Waals surface area contributed by atoms with E-state index < -0.39 is 0 Å². The van der Waals surface area contributed by atoms with Gasteiger partial charge < -0.3 is 14.3 Å². The van der Waals surface area contributed by atoms with Gasteiger partial charge in [-0.3, -0.25) is 19.1 Å². The molecular weight excluding hydrogens is 382 g/mol. The molecule has 2 amide bonds. The maximum absolute atomic E-state index is 13.3. The molecule has 0 saturated carbocycles. The normalized spacial score (nSPS) is 18.1. The van der Waals surface area contributed by atoms with E-state index in [1.807, 2.05) is 47.3 Å². The number of hydrogen-bond donors (Lipinski definition) is 0. The van der Waals surface area contributed by atoms with Crippen molar-refractivity contribution in [3.8, 4) is 5.82 Å². The Labute approximate surface area is 177 Å². The number of carbonyl (C=O) groups excluding carboxylic acids is 2. The van der Waals surface area contributed by atoms with Crippen molar-refractivity contribution in [1.82, 2.24) is 24.4 Å². The van der Waals surface area contributed by atoms with Crippen molar-refractivity contribution in [1.29, 1.82) is 0 Å². The van der Waals surface area contributed by atoms with Crippen LogP contribution in [0.25, 0.3) is 5.82 Å². The van der Waals surface area contributed by atoms with Gasteiger partial charge in [-0.15, -0.1) is 0 Å². The summed E-state index contributed by atoms with van der Waals surface area (Å²) in [7, 11) is 0. The first kappa shape index (κ1) is 20.7. The Bertz CT molecular complexity index is 925. The average molecular weight is 414 g/mol. The molecule has 8 heteroatoms. The average Bonchev–Trinajstić information content (AvgIpc) is 3.41. The first-order valence-electron chi connectivity index (χ1n) is 10.9. The predicted molar refractivity (Wildman–Crippen MR) is 113 cm³/mol. The van der Waals surface area contributed by atoms with E-state index in [0.29, 0.717) is 31.0 Å². The second-order valence-corrected chi connectivity index (χ2v) is 8.43. The molecule has 0 spiro atoms. The van der Waals surface area contributed by atoms with E-state index in [2.05, 4.69) is 10.1 Å². The number of aromatic nitrogens is 2. The molecule has 30 heavy (non-hydrogen) atoms. The first-order valence-corrected chi connectivity index (χ1v) is 10.9. The Morgan fingerprint density at radius 1 is 0.933 bits per heavy atom. The molecule has 0 unspecified atom stereocenters. The van der Waals surface area contributed by atoms with E-state index in [-0.39, 0.29) is 11.8 Å². The highest BCUT2D eigenvalue weighted by molar-refractivity contribution is 5.96. The molecule has 2 aliphatic heterocycles. The van der Waals surface area contributed by atoms with Gasteiger partial charge in [0.15, 0.2) is 5.82 Å². The summed E-state index contributed by atoms with van der Waals surface area (Å²) < 4.78 is 7.17. The lowest BCUT2D eigenvalue weighted by molar-refractivity contribution is -0.131. The van der Waals surface area contributed by atoms with Gasteiger partial charge in [0.1, 0.15) is 5.76 Å². The lowest BCUT2D eigenvalue weighted by Gasteiger charge is -2.24. The van der Waals surface area contributed by atoms with Crippen molar-refractivity contribution in [3.05, 3.63) is 34.8 Å². The Balaban J connectivity index is 1.42. The Morgan fingerprint density at radius 3 is 2.37 bits per heavy atom. The van der Waals surface area contributed by atoms with E-state index in [9.17, 15) is 9.59 Å². The van der Waals surface area contributed by atoms with Crippen molar-refractivity contribution in [2.24, 2.45) is 0 Å². The molecule has 0 bridgehead atoms. The van der Waals surface area contributed by atoms with Crippen molar-refractivity contribution in [3.63, 3.8) is 0 Å². The summed E-state index contributed by atoms with van der Waals surface area (Å²) in [5.41, 5.74) is 2.53. The summed E-state index contributed by atoms with van der Waals surface area (Å²) in [6.07, 6.45) is 3.10. The number of nitrogens with zero attached hydrogens (tertiary/aromatic N) is 5. The van der Waals surface area contributed by atoms with Crippen LogP contribution in [0.15, 0.2) is 16.7 Å². The van der Waals surface area contributed by atoms with E-state index >= 15 is 0 Å². The first-order chi connectivity index (χ1) is 14.4. The van der Waals surface area contributed by atoms with Crippen molar-refractivity contribution >= 4 is 11.8 Å². The third kappa shape index (κ3) is 4.14. The van der Waals surface area contributed by atoms with Gasteiger partial charge in [-0.2, -0.15) is 0 Å². The molecule has 2 saturated heterocycles. The van der Waals surface area contributed by atoms with Gasteiger partial charge in [0, 0.05) is 56.7 Å². The largest absolute Gasteiger partial charge is 0.360 e. The summed E-state index contributed by atoms with van der Waals surface area (Å²) in [6.45, 7) is 10.9. The minimum absolute atomic E-state index is 0.0438. The summed E-state index contributed by atoms with van der Waals surface area (Å²) in [6, 6.07) is 3.80. The van der Waals surface area contributed by atoms with Gasteiger partial charge >= 0.3 is 0 Å². The number of aryl methyl sites for hydroxylation is 2. The fourth-order valence-electron chi connectivity index (χ4n) is 4.55. The predicted octanol–water partition coefficient (Wildman–Crippen LogP) is 2.16. The van der Waals surface area contributed by atoms with E-state index in [1.165, 1.54) is 0 Å². The summed E-state index contributed by atoms with van der Waals surface area (Å²) in [4.78, 5) is 31.8. The molecule has 2 aliphatic rings. The SMILES string of the molecule is Cc1cc(-n2c(C)cc(C(=O)N3CCCN(CC(=O)N4CCCC4)CC3)c2C)no1. The minimum Gasteiger partial charge on any atom is -0.360 e. The van der Waals surface area contributed by atoms with Crippen LogP contribution in [0.4, 0.5) is 0 Å². The molecule has 0 aliphatic carbocycles. The van der Waals surface area contributed by atoms with Crippen LogP contribution in [0.3, 0.4) is 0 Å². The highest BCUT2D eigenvalue weighted by Crippen LogP contribution is 2.22. The topological polar surface area (TPSA) is 74.8 Å². The smallest absolute Gasteiger partial charge is 0.255 e. The number of carbonyl (C=O) groups is 2. The summed E-state index contributed by atoms with van der Waals surface area (Å²) in [5.74, 6) is 1.70. The number of likely N-dealkylation sites (tertiary alicyclic amines) is 1. The van der Waals surface area contributed by atoms with Gasteiger partial charge in [0.2, 0.25) is 5.91 Å². The fraction of sp³-hybridized carbons (Fsp3) is 0.591. The second kappa shape index (κ2) is 8.63. The van der Waals surface area contributed by atoms with Gasteiger partial charge in [-0.1, -0.05) is 5.16 Å². The van der Waals surface area contributed by atoms with E-state index in [4.69, 9.17) is 4.52 Å². The van der Waals surface area contributed by atoms with E-state index in [1.54, 1.807) is 0 Å². The van der Waals surface area contributed by atoms with Crippen molar-refractivity contribution in [2.45, 2.75) is 40.0 Å². The molecule has 0 N–H and O–H groups in total. The van der Waals surface area contributed by atoms with Crippen LogP contribution in [0, 0.1) is 20.8 Å². The van der Waals surface area contributed by atoms with Gasteiger partial charge in [0.25, 0.3) is 5.91 Å². The van der Waals surface area contributed by atoms with Crippen LogP contribution in [-0.2, 0) is 4.79 Å². The van der Waals surface area contributed by atoms with Crippen LogP contribution >= 0.6 is 0 Å². The van der Waals surface area contributed by atoms with Crippen LogP contribution in [0.5, 0.6) is 0 Å². The van der Waals surface area contributed by atoms with Crippen LogP contribution < -0.4 is 0 Å². The zero-order chi connectivity index (χ0) is 21.3. The molecular formula is C22H31N5O3. The quantitative estimate of drug-likeness (QED) is 0.768.